The van der Waals surface area contributed by atoms with Gasteiger partial charge in [-0.1, -0.05) is 12.1 Å². The highest BCUT2D eigenvalue weighted by Crippen LogP contribution is 2.24. The maximum atomic E-state index is 13.2. The monoisotopic (exact) mass is 384 g/mol. The van der Waals surface area contributed by atoms with Gasteiger partial charge < -0.3 is 25.0 Å². The molecule has 0 spiro atoms. The molecule has 8 heteroatoms. The zero-order valence-corrected chi connectivity index (χ0v) is 16.2. The lowest BCUT2D eigenvalue weighted by atomic mass is 10.1. The van der Waals surface area contributed by atoms with Gasteiger partial charge in [-0.25, -0.2) is 4.98 Å². The largest absolute Gasteiger partial charge is 0.497 e. The van der Waals surface area contributed by atoms with Crippen molar-refractivity contribution in [1.82, 2.24) is 9.88 Å². The van der Waals surface area contributed by atoms with Gasteiger partial charge in [0.15, 0.2) is 0 Å². The average Bonchev–Trinajstić information content (AvgIpc) is 2.71. The first-order chi connectivity index (χ1) is 13.5. The maximum absolute atomic E-state index is 13.2. The van der Waals surface area contributed by atoms with Crippen molar-refractivity contribution in [1.29, 1.82) is 0 Å². The Morgan fingerprint density at radius 2 is 2.04 bits per heavy atom. The maximum Gasteiger partial charge on any atom is 0.256 e. The number of carbonyl (C=O) groups is 2. The lowest BCUT2D eigenvalue weighted by molar-refractivity contribution is -0.114. The molecule has 0 radical (unpaired) electrons. The number of ether oxygens (including phenoxy) is 2. The second kappa shape index (κ2) is 8.71. The van der Waals surface area contributed by atoms with Crippen molar-refractivity contribution in [3.63, 3.8) is 0 Å². The molecule has 1 aliphatic rings. The molecule has 1 aliphatic heterocycles. The Balaban J connectivity index is 1.85. The first kappa shape index (κ1) is 19.6. The van der Waals surface area contributed by atoms with Crippen molar-refractivity contribution in [2.75, 3.05) is 38.0 Å². The van der Waals surface area contributed by atoms with E-state index in [1.807, 2.05) is 31.2 Å². The van der Waals surface area contributed by atoms with Gasteiger partial charge in [0.2, 0.25) is 5.91 Å². The van der Waals surface area contributed by atoms with E-state index in [4.69, 9.17) is 9.47 Å². The number of hydrogen-bond acceptors (Lipinski definition) is 6. The van der Waals surface area contributed by atoms with Crippen LogP contribution in [0.3, 0.4) is 0 Å². The Morgan fingerprint density at radius 3 is 2.71 bits per heavy atom. The van der Waals surface area contributed by atoms with Crippen LogP contribution in [0.2, 0.25) is 0 Å². The summed E-state index contributed by atoms with van der Waals surface area (Å²) < 4.78 is 10.4. The molecule has 1 unspecified atom stereocenters. The SMILES string of the molecule is COCC(C)N(Cc1ccc(OC)cc1)C(=O)c1cnc2c(c1)NC(=O)CN2. The predicted molar refractivity (Wildman–Crippen MR) is 106 cm³/mol. The highest BCUT2D eigenvalue weighted by molar-refractivity contribution is 6.02. The van der Waals surface area contributed by atoms with Gasteiger partial charge in [0.05, 0.1) is 37.6 Å². The number of rotatable bonds is 7. The van der Waals surface area contributed by atoms with E-state index in [1.54, 1.807) is 25.2 Å². The number of hydrogen-bond donors (Lipinski definition) is 2. The molecular formula is C20H24N4O4. The van der Waals surface area contributed by atoms with Crippen molar-refractivity contribution in [3.05, 3.63) is 47.7 Å². The molecule has 2 aromatic rings. The molecule has 1 aromatic carbocycles. The fourth-order valence-corrected chi connectivity index (χ4v) is 3.03. The topological polar surface area (TPSA) is 92.8 Å². The van der Waals surface area contributed by atoms with Gasteiger partial charge in [-0.15, -0.1) is 0 Å². The molecule has 0 saturated heterocycles. The second-order valence-electron chi connectivity index (χ2n) is 6.61. The highest BCUT2D eigenvalue weighted by Gasteiger charge is 2.24. The molecule has 2 heterocycles. The number of methoxy groups -OCH3 is 2. The Labute approximate surface area is 163 Å². The van der Waals surface area contributed by atoms with E-state index in [1.165, 1.54) is 6.20 Å². The smallest absolute Gasteiger partial charge is 0.256 e. The number of amides is 2. The Kier molecular flexibility index (Phi) is 6.10. The van der Waals surface area contributed by atoms with E-state index in [9.17, 15) is 9.59 Å². The third-order valence-electron chi connectivity index (χ3n) is 4.54. The molecule has 1 aromatic heterocycles. The van der Waals surface area contributed by atoms with Crippen molar-refractivity contribution < 1.29 is 19.1 Å². The summed E-state index contributed by atoms with van der Waals surface area (Å²) in [6.45, 7) is 2.91. The lowest BCUT2D eigenvalue weighted by Gasteiger charge is -2.29. The number of anilines is 2. The molecule has 2 amide bonds. The zero-order valence-electron chi connectivity index (χ0n) is 16.2. The molecule has 1 atom stereocenters. The molecule has 148 valence electrons. The Hall–Kier alpha value is -3.13. The minimum absolute atomic E-state index is 0.150. The molecular weight excluding hydrogens is 360 g/mol. The van der Waals surface area contributed by atoms with E-state index < -0.39 is 0 Å². The molecule has 28 heavy (non-hydrogen) atoms. The van der Waals surface area contributed by atoms with Crippen LogP contribution in [0, 0.1) is 0 Å². The number of benzene rings is 1. The Morgan fingerprint density at radius 1 is 1.29 bits per heavy atom. The third-order valence-corrected chi connectivity index (χ3v) is 4.54. The minimum atomic E-state index is -0.185. The average molecular weight is 384 g/mol. The van der Waals surface area contributed by atoms with Crippen molar-refractivity contribution >= 4 is 23.3 Å². The lowest BCUT2D eigenvalue weighted by Crippen LogP contribution is -2.40. The number of carbonyl (C=O) groups excluding carboxylic acids is 2. The van der Waals surface area contributed by atoms with E-state index >= 15 is 0 Å². The molecule has 0 bridgehead atoms. The fourth-order valence-electron chi connectivity index (χ4n) is 3.03. The van der Waals surface area contributed by atoms with Crippen LogP contribution in [-0.4, -0.2) is 55.1 Å². The van der Waals surface area contributed by atoms with E-state index in [0.717, 1.165) is 11.3 Å². The van der Waals surface area contributed by atoms with Crippen LogP contribution >= 0.6 is 0 Å². The summed E-state index contributed by atoms with van der Waals surface area (Å²) in [5.74, 6) is 0.966. The first-order valence-electron chi connectivity index (χ1n) is 8.98. The van der Waals surface area contributed by atoms with Gasteiger partial charge in [-0.05, 0) is 30.7 Å². The summed E-state index contributed by atoms with van der Waals surface area (Å²) in [5, 5.41) is 5.66. The highest BCUT2D eigenvalue weighted by atomic mass is 16.5. The summed E-state index contributed by atoms with van der Waals surface area (Å²) in [5.41, 5.74) is 1.88. The van der Waals surface area contributed by atoms with Crippen molar-refractivity contribution in [3.8, 4) is 5.75 Å². The van der Waals surface area contributed by atoms with Gasteiger partial charge in [-0.3, -0.25) is 9.59 Å². The number of nitrogens with zero attached hydrogens (tertiary/aromatic N) is 2. The van der Waals surface area contributed by atoms with Crippen LogP contribution in [0.4, 0.5) is 11.5 Å². The van der Waals surface area contributed by atoms with Crippen LogP contribution in [0.5, 0.6) is 5.75 Å². The standard InChI is InChI=1S/C20H24N4O4/c1-13(12-27-2)24(11-14-4-6-16(28-3)7-5-14)20(26)15-8-17-19(21-9-15)22-10-18(25)23-17/h4-9,13H,10-12H2,1-3H3,(H,21,22)(H,23,25). The summed E-state index contributed by atoms with van der Waals surface area (Å²) in [7, 11) is 3.22. The van der Waals surface area contributed by atoms with E-state index in [0.29, 0.717) is 30.2 Å². The van der Waals surface area contributed by atoms with Gasteiger partial charge in [-0.2, -0.15) is 0 Å². The summed E-state index contributed by atoms with van der Waals surface area (Å²) in [6.07, 6.45) is 1.52. The fraction of sp³-hybridized carbons (Fsp3) is 0.350. The van der Waals surface area contributed by atoms with Gasteiger partial charge in [0.25, 0.3) is 5.91 Å². The second-order valence-corrected chi connectivity index (χ2v) is 6.61. The molecule has 0 aliphatic carbocycles. The molecule has 0 saturated carbocycles. The van der Waals surface area contributed by atoms with Gasteiger partial charge in [0.1, 0.15) is 11.6 Å². The zero-order chi connectivity index (χ0) is 20.1. The quantitative estimate of drug-likeness (QED) is 0.760. The number of nitrogens with one attached hydrogen (secondary N) is 2. The Bertz CT molecular complexity index is 854. The van der Waals surface area contributed by atoms with Crippen LogP contribution in [0.1, 0.15) is 22.8 Å². The van der Waals surface area contributed by atoms with Crippen molar-refractivity contribution in [2.45, 2.75) is 19.5 Å². The number of fused-ring (bicyclic) bond motifs is 1. The van der Waals surface area contributed by atoms with E-state index in [2.05, 4.69) is 15.6 Å². The van der Waals surface area contributed by atoms with Gasteiger partial charge >= 0.3 is 0 Å². The third kappa shape index (κ3) is 4.40. The molecule has 3 rings (SSSR count). The molecule has 2 N–H and O–H groups in total. The predicted octanol–water partition coefficient (Wildman–Crippen LogP) is 2.13. The number of pyridine rings is 1. The summed E-state index contributed by atoms with van der Waals surface area (Å²) in [6, 6.07) is 9.07. The van der Waals surface area contributed by atoms with Crippen LogP contribution in [-0.2, 0) is 16.1 Å². The van der Waals surface area contributed by atoms with Crippen LogP contribution < -0.4 is 15.4 Å². The van der Waals surface area contributed by atoms with Crippen LogP contribution in [0.15, 0.2) is 36.5 Å². The van der Waals surface area contributed by atoms with Crippen molar-refractivity contribution in [2.24, 2.45) is 0 Å². The van der Waals surface area contributed by atoms with Crippen LogP contribution in [0.25, 0.3) is 0 Å². The summed E-state index contributed by atoms with van der Waals surface area (Å²) >= 11 is 0. The first-order valence-corrected chi connectivity index (χ1v) is 8.98. The number of aromatic nitrogens is 1. The van der Waals surface area contributed by atoms with Gasteiger partial charge in [0, 0.05) is 19.9 Å². The van der Waals surface area contributed by atoms with E-state index in [-0.39, 0.29) is 24.4 Å². The summed E-state index contributed by atoms with van der Waals surface area (Å²) in [4.78, 5) is 30.8. The normalized spacial score (nSPS) is 13.8. The molecule has 8 nitrogen and oxygen atoms in total. The molecule has 0 fully saturated rings. The minimum Gasteiger partial charge on any atom is -0.497 e.